The first-order valence-corrected chi connectivity index (χ1v) is 6.32. The summed E-state index contributed by atoms with van der Waals surface area (Å²) < 4.78 is 13.1. The Kier molecular flexibility index (Phi) is 4.31. The molecule has 2 rings (SSSR count). The van der Waals surface area contributed by atoms with Gasteiger partial charge in [0.2, 0.25) is 0 Å². The SMILES string of the molecule is COC(Cn1cc(Br)cnc1=O)C1CCOC1. The summed E-state index contributed by atoms with van der Waals surface area (Å²) in [5.74, 6) is 0.353. The van der Waals surface area contributed by atoms with E-state index in [9.17, 15) is 4.79 Å². The van der Waals surface area contributed by atoms with Crippen molar-refractivity contribution in [2.24, 2.45) is 5.92 Å². The molecule has 5 nitrogen and oxygen atoms in total. The van der Waals surface area contributed by atoms with Gasteiger partial charge in [-0.1, -0.05) is 0 Å². The van der Waals surface area contributed by atoms with Gasteiger partial charge in [-0.05, 0) is 22.4 Å². The number of ether oxygens (including phenoxy) is 2. The molecular weight excluding hydrogens is 288 g/mol. The molecule has 1 aromatic heterocycles. The van der Waals surface area contributed by atoms with Crippen LogP contribution in [0.5, 0.6) is 0 Å². The predicted molar refractivity (Wildman–Crippen MR) is 65.9 cm³/mol. The molecule has 0 bridgehead atoms. The molecule has 0 spiro atoms. The first kappa shape index (κ1) is 12.7. The average Bonchev–Trinajstić information content (AvgIpc) is 2.84. The second kappa shape index (κ2) is 5.75. The van der Waals surface area contributed by atoms with Crippen LogP contribution in [0.2, 0.25) is 0 Å². The van der Waals surface area contributed by atoms with E-state index in [1.54, 1.807) is 17.9 Å². The van der Waals surface area contributed by atoms with Gasteiger partial charge in [0.1, 0.15) is 0 Å². The molecule has 0 amide bonds. The normalized spacial score (nSPS) is 21.6. The van der Waals surface area contributed by atoms with Crippen molar-refractivity contribution >= 4 is 15.9 Å². The Balaban J connectivity index is 2.11. The molecule has 2 unspecified atom stereocenters. The molecule has 1 fully saturated rings. The summed E-state index contributed by atoms with van der Waals surface area (Å²) >= 11 is 3.30. The second-order valence-corrected chi connectivity index (χ2v) is 5.02. The number of rotatable bonds is 4. The molecule has 0 saturated carbocycles. The van der Waals surface area contributed by atoms with Gasteiger partial charge in [-0.25, -0.2) is 9.78 Å². The highest BCUT2D eigenvalue weighted by atomic mass is 79.9. The number of methoxy groups -OCH3 is 1. The molecule has 0 aliphatic carbocycles. The zero-order valence-electron chi connectivity index (χ0n) is 9.63. The predicted octanol–water partition coefficient (Wildman–Crippen LogP) is 1.06. The zero-order chi connectivity index (χ0) is 12.3. The highest BCUT2D eigenvalue weighted by Crippen LogP contribution is 2.20. The van der Waals surface area contributed by atoms with Crippen molar-refractivity contribution in [2.45, 2.75) is 19.1 Å². The molecule has 2 atom stereocenters. The van der Waals surface area contributed by atoms with Gasteiger partial charge < -0.3 is 9.47 Å². The minimum absolute atomic E-state index is 0.00806. The van der Waals surface area contributed by atoms with E-state index >= 15 is 0 Å². The summed E-state index contributed by atoms with van der Waals surface area (Å²) in [5.41, 5.74) is -0.255. The summed E-state index contributed by atoms with van der Waals surface area (Å²) in [5, 5.41) is 0. The first-order chi connectivity index (χ1) is 8.20. The van der Waals surface area contributed by atoms with Gasteiger partial charge in [0, 0.05) is 32.0 Å². The molecule has 1 aliphatic rings. The summed E-state index contributed by atoms with van der Waals surface area (Å²) in [6.45, 7) is 1.99. The maximum atomic E-state index is 11.6. The molecule has 0 radical (unpaired) electrons. The minimum Gasteiger partial charge on any atom is -0.381 e. The molecule has 94 valence electrons. The van der Waals surface area contributed by atoms with E-state index < -0.39 is 0 Å². The van der Waals surface area contributed by atoms with Gasteiger partial charge in [0.05, 0.1) is 23.7 Å². The van der Waals surface area contributed by atoms with Crippen molar-refractivity contribution in [1.82, 2.24) is 9.55 Å². The molecular formula is C11H15BrN2O3. The van der Waals surface area contributed by atoms with Crippen molar-refractivity contribution in [1.29, 1.82) is 0 Å². The number of hydrogen-bond donors (Lipinski definition) is 0. The average molecular weight is 303 g/mol. The van der Waals surface area contributed by atoms with Gasteiger partial charge in [-0.15, -0.1) is 0 Å². The summed E-state index contributed by atoms with van der Waals surface area (Å²) in [4.78, 5) is 15.3. The molecule has 1 aromatic rings. The van der Waals surface area contributed by atoms with Gasteiger partial charge >= 0.3 is 5.69 Å². The third-order valence-electron chi connectivity index (χ3n) is 2.99. The monoisotopic (exact) mass is 302 g/mol. The topological polar surface area (TPSA) is 53.4 Å². The Labute approximate surface area is 108 Å². The zero-order valence-corrected chi connectivity index (χ0v) is 11.2. The first-order valence-electron chi connectivity index (χ1n) is 5.53. The van der Waals surface area contributed by atoms with Crippen molar-refractivity contribution in [2.75, 3.05) is 20.3 Å². The summed E-state index contributed by atoms with van der Waals surface area (Å²) in [7, 11) is 1.67. The van der Waals surface area contributed by atoms with Gasteiger partial charge in [0.15, 0.2) is 0 Å². The van der Waals surface area contributed by atoms with E-state index in [1.165, 1.54) is 6.20 Å². The maximum Gasteiger partial charge on any atom is 0.347 e. The Morgan fingerprint density at radius 1 is 1.76 bits per heavy atom. The van der Waals surface area contributed by atoms with Crippen LogP contribution in [0, 0.1) is 5.92 Å². The second-order valence-electron chi connectivity index (χ2n) is 4.10. The largest absolute Gasteiger partial charge is 0.381 e. The third kappa shape index (κ3) is 3.14. The van der Waals surface area contributed by atoms with Crippen molar-refractivity contribution < 1.29 is 9.47 Å². The molecule has 0 N–H and O–H groups in total. The van der Waals surface area contributed by atoms with Crippen molar-refractivity contribution in [3.63, 3.8) is 0 Å². The molecule has 1 saturated heterocycles. The van der Waals surface area contributed by atoms with Crippen LogP contribution in [0.25, 0.3) is 0 Å². The van der Waals surface area contributed by atoms with Crippen LogP contribution in [-0.4, -0.2) is 36.0 Å². The Bertz CT molecular complexity index is 429. The van der Waals surface area contributed by atoms with Crippen LogP contribution in [0.3, 0.4) is 0 Å². The summed E-state index contributed by atoms with van der Waals surface area (Å²) in [6.07, 6.45) is 4.21. The highest BCUT2D eigenvalue weighted by molar-refractivity contribution is 9.10. The number of nitrogens with zero attached hydrogens (tertiary/aromatic N) is 2. The maximum absolute atomic E-state index is 11.6. The standard InChI is InChI=1S/C11H15BrN2O3/c1-16-10(8-2-3-17-7-8)6-14-5-9(12)4-13-11(14)15/h4-5,8,10H,2-3,6-7H2,1H3. The van der Waals surface area contributed by atoms with Gasteiger partial charge in [-0.3, -0.25) is 4.57 Å². The third-order valence-corrected chi connectivity index (χ3v) is 3.40. The van der Waals surface area contributed by atoms with Crippen LogP contribution < -0.4 is 5.69 Å². The number of halogens is 1. The molecule has 0 aromatic carbocycles. The lowest BCUT2D eigenvalue weighted by atomic mass is 10.0. The lowest BCUT2D eigenvalue weighted by molar-refractivity contribution is 0.0321. The van der Waals surface area contributed by atoms with Gasteiger partial charge in [0.25, 0.3) is 0 Å². The fourth-order valence-electron chi connectivity index (χ4n) is 2.02. The van der Waals surface area contributed by atoms with Crippen molar-refractivity contribution in [3.8, 4) is 0 Å². The van der Waals surface area contributed by atoms with Crippen LogP contribution >= 0.6 is 15.9 Å². The summed E-state index contributed by atoms with van der Waals surface area (Å²) in [6, 6.07) is 0. The van der Waals surface area contributed by atoms with Crippen LogP contribution in [0.1, 0.15) is 6.42 Å². The lowest BCUT2D eigenvalue weighted by Gasteiger charge is -2.21. The molecule has 17 heavy (non-hydrogen) atoms. The quantitative estimate of drug-likeness (QED) is 0.834. The van der Waals surface area contributed by atoms with E-state index in [-0.39, 0.29) is 11.8 Å². The molecule has 2 heterocycles. The van der Waals surface area contributed by atoms with E-state index in [4.69, 9.17) is 9.47 Å². The fraction of sp³-hybridized carbons (Fsp3) is 0.636. The van der Waals surface area contributed by atoms with Crippen molar-refractivity contribution in [3.05, 3.63) is 27.4 Å². The van der Waals surface area contributed by atoms with Crippen LogP contribution in [-0.2, 0) is 16.0 Å². The Morgan fingerprint density at radius 3 is 3.24 bits per heavy atom. The smallest absolute Gasteiger partial charge is 0.347 e. The lowest BCUT2D eigenvalue weighted by Crippen LogP contribution is -2.33. The highest BCUT2D eigenvalue weighted by Gasteiger charge is 2.26. The molecule has 1 aliphatic heterocycles. The Morgan fingerprint density at radius 2 is 2.59 bits per heavy atom. The van der Waals surface area contributed by atoms with E-state index in [1.807, 2.05) is 0 Å². The molecule has 6 heteroatoms. The number of hydrogen-bond acceptors (Lipinski definition) is 4. The fourth-order valence-corrected chi connectivity index (χ4v) is 2.36. The van der Waals surface area contributed by atoms with E-state index in [2.05, 4.69) is 20.9 Å². The Hall–Kier alpha value is -0.720. The minimum atomic E-state index is -0.255. The van der Waals surface area contributed by atoms with Gasteiger partial charge in [-0.2, -0.15) is 0 Å². The van der Waals surface area contributed by atoms with E-state index in [0.717, 1.165) is 17.5 Å². The van der Waals surface area contributed by atoms with E-state index in [0.29, 0.717) is 19.1 Å². The van der Waals surface area contributed by atoms with Crippen LogP contribution in [0.4, 0.5) is 0 Å². The number of aromatic nitrogens is 2. The van der Waals surface area contributed by atoms with Crippen LogP contribution in [0.15, 0.2) is 21.7 Å².